The first kappa shape index (κ1) is 17.7. The molecular weight excluding hydrogens is 371 g/mol. The van der Waals surface area contributed by atoms with Crippen LogP contribution in [0.5, 0.6) is 0 Å². The maximum atomic E-state index is 14.2. The Kier molecular flexibility index (Phi) is 4.44. The van der Waals surface area contributed by atoms with Crippen LogP contribution in [0.2, 0.25) is 0 Å². The molecule has 1 aliphatic heterocycles. The lowest BCUT2D eigenvalue weighted by atomic mass is 10.2. The average Bonchev–Trinajstić information content (AvgIpc) is 3.35. The van der Waals surface area contributed by atoms with Gasteiger partial charge in [-0.15, -0.1) is 15.3 Å². The largest absolute Gasteiger partial charge is 0.353 e. The molecule has 1 aromatic carbocycles. The molecule has 148 valence electrons. The van der Waals surface area contributed by atoms with E-state index in [-0.39, 0.29) is 5.82 Å². The molecule has 4 heterocycles. The van der Waals surface area contributed by atoms with E-state index in [1.165, 1.54) is 6.07 Å². The third kappa shape index (κ3) is 3.33. The number of benzene rings is 1. The Labute approximate surface area is 167 Å². The summed E-state index contributed by atoms with van der Waals surface area (Å²) in [6.45, 7) is 4.41. The molecule has 3 aromatic heterocycles. The topological polar surface area (TPSA) is 67.4 Å². The van der Waals surface area contributed by atoms with Gasteiger partial charge in [-0.2, -0.15) is 4.52 Å². The van der Waals surface area contributed by atoms with Gasteiger partial charge in [-0.05, 0) is 24.3 Å². The van der Waals surface area contributed by atoms with Crippen LogP contribution >= 0.6 is 0 Å². The van der Waals surface area contributed by atoms with Crippen molar-refractivity contribution >= 4 is 11.5 Å². The van der Waals surface area contributed by atoms with Crippen LogP contribution in [-0.2, 0) is 13.6 Å². The number of anilines is 1. The quantitative estimate of drug-likeness (QED) is 0.529. The standard InChI is InChI=1S/C20H21FN8/c1-26-9-8-22-19(26)14-27-10-12-28(13-11-27)18-7-6-17-23-24-20(29(17)25-18)15-4-2-3-5-16(15)21/h2-9H,10-14H2,1H3. The Bertz CT molecular complexity index is 1140. The molecule has 0 saturated carbocycles. The van der Waals surface area contributed by atoms with Gasteiger partial charge in [0.05, 0.1) is 12.1 Å². The summed E-state index contributed by atoms with van der Waals surface area (Å²) < 4.78 is 17.9. The van der Waals surface area contributed by atoms with E-state index in [0.29, 0.717) is 17.0 Å². The first-order valence-corrected chi connectivity index (χ1v) is 9.60. The van der Waals surface area contributed by atoms with E-state index >= 15 is 0 Å². The van der Waals surface area contributed by atoms with Gasteiger partial charge in [0.2, 0.25) is 0 Å². The number of aromatic nitrogens is 6. The van der Waals surface area contributed by atoms with E-state index in [0.717, 1.165) is 44.4 Å². The van der Waals surface area contributed by atoms with E-state index in [1.54, 1.807) is 22.7 Å². The maximum absolute atomic E-state index is 14.2. The highest BCUT2D eigenvalue weighted by Gasteiger charge is 2.21. The Morgan fingerprint density at radius 1 is 1.00 bits per heavy atom. The Morgan fingerprint density at radius 2 is 1.83 bits per heavy atom. The molecule has 1 saturated heterocycles. The predicted molar refractivity (Wildman–Crippen MR) is 107 cm³/mol. The van der Waals surface area contributed by atoms with Gasteiger partial charge in [0.15, 0.2) is 11.5 Å². The third-order valence-corrected chi connectivity index (χ3v) is 5.35. The fraction of sp³-hybridized carbons (Fsp3) is 0.300. The highest BCUT2D eigenvalue weighted by molar-refractivity contribution is 5.60. The molecule has 0 N–H and O–H groups in total. The van der Waals surface area contributed by atoms with Gasteiger partial charge in [0.25, 0.3) is 0 Å². The molecule has 29 heavy (non-hydrogen) atoms. The molecule has 5 rings (SSSR count). The second kappa shape index (κ2) is 7.25. The minimum absolute atomic E-state index is 0.336. The summed E-state index contributed by atoms with van der Waals surface area (Å²) in [5, 5.41) is 13.0. The molecule has 0 spiro atoms. The molecule has 9 heteroatoms. The fourth-order valence-corrected chi connectivity index (χ4v) is 3.64. The molecule has 0 bridgehead atoms. The molecule has 1 aliphatic rings. The molecule has 0 aliphatic carbocycles. The van der Waals surface area contributed by atoms with Crippen molar-refractivity contribution in [2.75, 3.05) is 31.1 Å². The summed E-state index contributed by atoms with van der Waals surface area (Å²) in [6, 6.07) is 10.4. The maximum Gasteiger partial charge on any atom is 0.188 e. The van der Waals surface area contributed by atoms with Gasteiger partial charge >= 0.3 is 0 Å². The minimum atomic E-state index is -0.336. The summed E-state index contributed by atoms with van der Waals surface area (Å²) >= 11 is 0. The summed E-state index contributed by atoms with van der Waals surface area (Å²) in [7, 11) is 2.02. The van der Waals surface area contributed by atoms with Crippen molar-refractivity contribution in [3.05, 3.63) is 60.4 Å². The van der Waals surface area contributed by atoms with Gasteiger partial charge in [-0.3, -0.25) is 4.90 Å². The van der Waals surface area contributed by atoms with Gasteiger partial charge < -0.3 is 9.47 Å². The molecule has 8 nitrogen and oxygen atoms in total. The zero-order valence-electron chi connectivity index (χ0n) is 16.1. The van der Waals surface area contributed by atoms with E-state index in [9.17, 15) is 4.39 Å². The van der Waals surface area contributed by atoms with E-state index in [2.05, 4.69) is 29.5 Å². The van der Waals surface area contributed by atoms with Gasteiger partial charge in [0.1, 0.15) is 17.5 Å². The van der Waals surface area contributed by atoms with E-state index in [4.69, 9.17) is 5.10 Å². The molecule has 0 atom stereocenters. The summed E-state index contributed by atoms with van der Waals surface area (Å²) in [6.07, 6.45) is 3.80. The summed E-state index contributed by atoms with van der Waals surface area (Å²) in [4.78, 5) is 9.03. The third-order valence-electron chi connectivity index (χ3n) is 5.35. The highest BCUT2D eigenvalue weighted by atomic mass is 19.1. The number of hydrogen-bond acceptors (Lipinski definition) is 6. The number of hydrogen-bond donors (Lipinski definition) is 0. The summed E-state index contributed by atoms with van der Waals surface area (Å²) in [5.74, 6) is 1.98. The Balaban J connectivity index is 1.36. The first-order valence-electron chi connectivity index (χ1n) is 9.60. The van der Waals surface area contributed by atoms with Crippen LogP contribution in [0.1, 0.15) is 5.82 Å². The number of piperazine rings is 1. The Hall–Kier alpha value is -3.33. The molecular formula is C20H21FN8. The number of aryl methyl sites for hydroxylation is 1. The predicted octanol–water partition coefficient (Wildman–Crippen LogP) is 1.99. The summed E-state index contributed by atoms with van der Waals surface area (Å²) in [5.41, 5.74) is 0.991. The number of fused-ring (bicyclic) bond motifs is 1. The number of halogens is 1. The Morgan fingerprint density at radius 3 is 2.59 bits per heavy atom. The first-order chi connectivity index (χ1) is 14.2. The van der Waals surface area contributed by atoms with Crippen molar-refractivity contribution < 1.29 is 4.39 Å². The smallest absolute Gasteiger partial charge is 0.188 e. The van der Waals surface area contributed by atoms with Crippen molar-refractivity contribution in [3.63, 3.8) is 0 Å². The fourth-order valence-electron chi connectivity index (χ4n) is 3.64. The van der Waals surface area contributed by atoms with Crippen LogP contribution in [0.3, 0.4) is 0 Å². The zero-order chi connectivity index (χ0) is 19.8. The van der Waals surface area contributed by atoms with Crippen LogP contribution in [-0.4, -0.2) is 60.4 Å². The lowest BCUT2D eigenvalue weighted by Gasteiger charge is -2.35. The lowest BCUT2D eigenvalue weighted by Crippen LogP contribution is -2.46. The van der Waals surface area contributed by atoms with Gasteiger partial charge in [0, 0.05) is 45.6 Å². The zero-order valence-corrected chi connectivity index (χ0v) is 16.1. The van der Waals surface area contributed by atoms with Gasteiger partial charge in [-0.25, -0.2) is 9.37 Å². The second-order valence-corrected chi connectivity index (χ2v) is 7.18. The van der Waals surface area contributed by atoms with Crippen LogP contribution in [0.15, 0.2) is 48.8 Å². The van der Waals surface area contributed by atoms with Crippen LogP contribution in [0, 0.1) is 5.82 Å². The second-order valence-electron chi connectivity index (χ2n) is 7.18. The van der Waals surface area contributed by atoms with Crippen LogP contribution in [0.25, 0.3) is 17.0 Å². The highest BCUT2D eigenvalue weighted by Crippen LogP contribution is 2.22. The van der Waals surface area contributed by atoms with Gasteiger partial charge in [-0.1, -0.05) is 12.1 Å². The van der Waals surface area contributed by atoms with Crippen LogP contribution in [0.4, 0.5) is 10.2 Å². The molecule has 0 amide bonds. The monoisotopic (exact) mass is 392 g/mol. The van der Waals surface area contributed by atoms with Crippen molar-refractivity contribution in [2.45, 2.75) is 6.54 Å². The number of imidazole rings is 1. The minimum Gasteiger partial charge on any atom is -0.353 e. The molecule has 0 unspecified atom stereocenters. The molecule has 1 fully saturated rings. The van der Waals surface area contributed by atoms with Crippen molar-refractivity contribution in [1.82, 2.24) is 34.3 Å². The molecule has 0 radical (unpaired) electrons. The van der Waals surface area contributed by atoms with E-state index < -0.39 is 0 Å². The normalized spacial score (nSPS) is 15.3. The number of nitrogens with zero attached hydrogens (tertiary/aromatic N) is 8. The number of rotatable bonds is 4. The lowest BCUT2D eigenvalue weighted by molar-refractivity contribution is 0.241. The van der Waals surface area contributed by atoms with E-state index in [1.807, 2.05) is 31.6 Å². The van der Waals surface area contributed by atoms with Crippen molar-refractivity contribution in [1.29, 1.82) is 0 Å². The van der Waals surface area contributed by atoms with Crippen molar-refractivity contribution in [3.8, 4) is 11.4 Å². The average molecular weight is 392 g/mol. The SMILES string of the molecule is Cn1ccnc1CN1CCN(c2ccc3nnc(-c4ccccc4F)n3n2)CC1. The van der Waals surface area contributed by atoms with Crippen LogP contribution < -0.4 is 4.90 Å². The molecule has 4 aromatic rings. The van der Waals surface area contributed by atoms with Crippen molar-refractivity contribution in [2.24, 2.45) is 7.05 Å².